The van der Waals surface area contributed by atoms with Gasteiger partial charge < -0.3 is 14.0 Å². The zero-order chi connectivity index (χ0) is 20.4. The number of esters is 1. The minimum atomic E-state index is -0.364. The number of carbonyl (C=O) groups is 1. The first-order chi connectivity index (χ1) is 13.2. The monoisotopic (exact) mass is 376 g/mol. The molecule has 0 amide bonds. The fourth-order valence-corrected chi connectivity index (χ4v) is 2.72. The second-order valence-corrected chi connectivity index (χ2v) is 7.94. The van der Waals surface area contributed by atoms with E-state index in [1.54, 1.807) is 0 Å². The Labute approximate surface area is 167 Å². The molecule has 2 aromatic rings. The molecule has 2 aromatic carbocycles. The van der Waals surface area contributed by atoms with Gasteiger partial charge in [0.15, 0.2) is 0 Å². The van der Waals surface area contributed by atoms with Crippen LogP contribution in [-0.2, 0) is 25.4 Å². The van der Waals surface area contributed by atoms with E-state index in [1.165, 1.54) is 6.92 Å². The summed E-state index contributed by atoms with van der Waals surface area (Å²) < 4.78 is 17.1. The summed E-state index contributed by atoms with van der Waals surface area (Å²) in [5.41, 5.74) is 3.05. The van der Waals surface area contributed by atoms with Crippen molar-refractivity contribution in [1.82, 2.24) is 0 Å². The van der Waals surface area contributed by atoms with Crippen LogP contribution in [0.5, 0.6) is 0 Å². The standard InChI is InChI=1S/C23H25BO4/c1-17(25)26-16-20-10-8-18(9-11-20)6-7-19-12-14-21(15-13-19)24-27-22(2,3)23(4,5)28-24/h8-15H,16H2,1-5H3. The summed E-state index contributed by atoms with van der Waals surface area (Å²) in [6.07, 6.45) is 0. The van der Waals surface area contributed by atoms with Crippen LogP contribution in [0.25, 0.3) is 0 Å². The molecule has 0 aromatic heterocycles. The summed E-state index contributed by atoms with van der Waals surface area (Å²) in [5, 5.41) is 0. The normalized spacial score (nSPS) is 17.0. The Kier molecular flexibility index (Phi) is 5.65. The average Bonchev–Trinajstić information content (AvgIpc) is 2.87. The topological polar surface area (TPSA) is 44.8 Å². The fourth-order valence-electron chi connectivity index (χ4n) is 2.72. The number of rotatable bonds is 3. The molecule has 28 heavy (non-hydrogen) atoms. The van der Waals surface area contributed by atoms with Crippen molar-refractivity contribution in [2.45, 2.75) is 52.4 Å². The van der Waals surface area contributed by atoms with Gasteiger partial charge in [-0.2, -0.15) is 0 Å². The van der Waals surface area contributed by atoms with Crippen LogP contribution in [0.4, 0.5) is 0 Å². The van der Waals surface area contributed by atoms with Crippen molar-refractivity contribution in [3.05, 3.63) is 65.2 Å². The van der Waals surface area contributed by atoms with Gasteiger partial charge >= 0.3 is 13.1 Å². The predicted octanol–water partition coefficient (Wildman–Crippen LogP) is 3.45. The maximum Gasteiger partial charge on any atom is 0.494 e. The van der Waals surface area contributed by atoms with Gasteiger partial charge in [-0.1, -0.05) is 36.1 Å². The molecule has 0 spiro atoms. The number of carbonyl (C=O) groups excluding carboxylic acids is 1. The van der Waals surface area contributed by atoms with Crippen LogP contribution in [0.2, 0.25) is 0 Å². The van der Waals surface area contributed by atoms with Crippen LogP contribution in [0, 0.1) is 11.8 Å². The van der Waals surface area contributed by atoms with Gasteiger partial charge in [-0.25, -0.2) is 0 Å². The predicted molar refractivity (Wildman–Crippen MR) is 110 cm³/mol. The van der Waals surface area contributed by atoms with E-state index < -0.39 is 0 Å². The van der Waals surface area contributed by atoms with Gasteiger partial charge in [-0.05, 0) is 63.0 Å². The SMILES string of the molecule is CC(=O)OCc1ccc(C#Cc2ccc(B3OC(C)(C)C(C)(C)O3)cc2)cc1. The van der Waals surface area contributed by atoms with Gasteiger partial charge in [0.05, 0.1) is 11.2 Å². The van der Waals surface area contributed by atoms with Gasteiger partial charge in [0, 0.05) is 18.1 Å². The fraction of sp³-hybridized carbons (Fsp3) is 0.348. The van der Waals surface area contributed by atoms with E-state index in [2.05, 4.69) is 11.8 Å². The van der Waals surface area contributed by atoms with Crippen LogP contribution in [0.1, 0.15) is 51.3 Å². The van der Waals surface area contributed by atoms with Crippen LogP contribution in [0.15, 0.2) is 48.5 Å². The maximum absolute atomic E-state index is 10.9. The lowest BCUT2D eigenvalue weighted by Crippen LogP contribution is -2.41. The van der Waals surface area contributed by atoms with Crippen molar-refractivity contribution in [3.63, 3.8) is 0 Å². The third-order valence-electron chi connectivity index (χ3n) is 5.18. The van der Waals surface area contributed by atoms with Crippen molar-refractivity contribution in [2.75, 3.05) is 0 Å². The highest BCUT2D eigenvalue weighted by atomic mass is 16.7. The van der Waals surface area contributed by atoms with E-state index in [0.717, 1.165) is 22.2 Å². The van der Waals surface area contributed by atoms with E-state index in [-0.39, 0.29) is 30.9 Å². The minimum Gasteiger partial charge on any atom is -0.461 e. The van der Waals surface area contributed by atoms with Crippen molar-refractivity contribution in [3.8, 4) is 11.8 Å². The molecule has 1 aliphatic heterocycles. The van der Waals surface area contributed by atoms with Crippen LogP contribution < -0.4 is 5.46 Å². The molecule has 5 heteroatoms. The Morgan fingerprint density at radius 1 is 0.893 bits per heavy atom. The van der Waals surface area contributed by atoms with Crippen LogP contribution in [0.3, 0.4) is 0 Å². The van der Waals surface area contributed by atoms with Crippen molar-refractivity contribution < 1.29 is 18.8 Å². The van der Waals surface area contributed by atoms with Crippen molar-refractivity contribution in [1.29, 1.82) is 0 Å². The molecule has 4 nitrogen and oxygen atoms in total. The molecule has 1 fully saturated rings. The summed E-state index contributed by atoms with van der Waals surface area (Å²) in [4.78, 5) is 10.9. The Bertz CT molecular complexity index is 886. The number of hydrogen-bond acceptors (Lipinski definition) is 4. The van der Waals surface area contributed by atoms with Gasteiger partial charge in [0.25, 0.3) is 0 Å². The zero-order valence-electron chi connectivity index (χ0n) is 17.0. The molecular formula is C23H25BO4. The Balaban J connectivity index is 1.65. The summed E-state index contributed by atoms with van der Waals surface area (Å²) in [7, 11) is -0.364. The van der Waals surface area contributed by atoms with E-state index >= 15 is 0 Å². The molecule has 0 radical (unpaired) electrons. The molecule has 0 aliphatic carbocycles. The molecule has 3 rings (SSSR count). The summed E-state index contributed by atoms with van der Waals surface area (Å²) >= 11 is 0. The van der Waals surface area contributed by atoms with Gasteiger partial charge in [0.1, 0.15) is 6.61 Å². The minimum absolute atomic E-state index is 0.281. The van der Waals surface area contributed by atoms with Crippen molar-refractivity contribution >= 4 is 18.6 Å². The highest BCUT2D eigenvalue weighted by molar-refractivity contribution is 6.62. The molecule has 0 N–H and O–H groups in total. The smallest absolute Gasteiger partial charge is 0.461 e. The van der Waals surface area contributed by atoms with Gasteiger partial charge in [0.2, 0.25) is 0 Å². The molecule has 0 saturated carbocycles. The van der Waals surface area contributed by atoms with E-state index in [9.17, 15) is 4.79 Å². The van der Waals surface area contributed by atoms with Crippen LogP contribution >= 0.6 is 0 Å². The summed E-state index contributed by atoms with van der Waals surface area (Å²) in [6.45, 7) is 9.87. The van der Waals surface area contributed by atoms with E-state index in [4.69, 9.17) is 14.0 Å². The third-order valence-corrected chi connectivity index (χ3v) is 5.18. The second-order valence-electron chi connectivity index (χ2n) is 7.94. The molecule has 1 heterocycles. The molecule has 144 valence electrons. The first-order valence-corrected chi connectivity index (χ1v) is 9.36. The first-order valence-electron chi connectivity index (χ1n) is 9.36. The second kappa shape index (κ2) is 7.83. The molecule has 0 bridgehead atoms. The maximum atomic E-state index is 10.9. The molecule has 0 unspecified atom stereocenters. The number of hydrogen-bond donors (Lipinski definition) is 0. The number of benzene rings is 2. The molecule has 0 atom stereocenters. The van der Waals surface area contributed by atoms with E-state index in [0.29, 0.717) is 0 Å². The average molecular weight is 376 g/mol. The largest absolute Gasteiger partial charge is 0.494 e. The van der Waals surface area contributed by atoms with Crippen molar-refractivity contribution in [2.24, 2.45) is 0 Å². The summed E-state index contributed by atoms with van der Waals surface area (Å²) in [6, 6.07) is 15.6. The quantitative estimate of drug-likeness (QED) is 0.468. The lowest BCUT2D eigenvalue weighted by Gasteiger charge is -2.32. The third kappa shape index (κ3) is 4.65. The molecular weight excluding hydrogens is 351 g/mol. The Morgan fingerprint density at radius 3 is 1.82 bits per heavy atom. The van der Waals surface area contributed by atoms with E-state index in [1.807, 2.05) is 76.2 Å². The highest BCUT2D eigenvalue weighted by Gasteiger charge is 2.51. The summed E-state index contributed by atoms with van der Waals surface area (Å²) in [5.74, 6) is 6.03. The number of ether oxygens (including phenoxy) is 1. The zero-order valence-corrected chi connectivity index (χ0v) is 17.0. The Hall–Kier alpha value is -2.55. The lowest BCUT2D eigenvalue weighted by atomic mass is 9.79. The molecule has 1 saturated heterocycles. The molecule has 1 aliphatic rings. The lowest BCUT2D eigenvalue weighted by molar-refractivity contribution is -0.142. The van der Waals surface area contributed by atoms with Crippen LogP contribution in [-0.4, -0.2) is 24.3 Å². The Morgan fingerprint density at radius 2 is 1.36 bits per heavy atom. The van der Waals surface area contributed by atoms with Gasteiger partial charge in [-0.3, -0.25) is 4.79 Å². The highest BCUT2D eigenvalue weighted by Crippen LogP contribution is 2.36. The first kappa shape index (κ1) is 20.2. The van der Waals surface area contributed by atoms with Gasteiger partial charge in [-0.15, -0.1) is 0 Å².